The Morgan fingerprint density at radius 2 is 2.06 bits per heavy atom. The number of halogens is 1. The third-order valence-corrected chi connectivity index (χ3v) is 2.95. The molecule has 4 nitrogen and oxygen atoms in total. The quantitative estimate of drug-likeness (QED) is 0.844. The van der Waals surface area contributed by atoms with Gasteiger partial charge in [-0.15, -0.1) is 0 Å². The van der Waals surface area contributed by atoms with E-state index in [-0.39, 0.29) is 19.6 Å². The predicted octanol–water partition coefficient (Wildman–Crippen LogP) is 1.01. The molecule has 1 aromatic carbocycles. The molecule has 1 fully saturated rings. The van der Waals surface area contributed by atoms with Crippen LogP contribution in [0.15, 0.2) is 30.3 Å². The maximum atomic E-state index is 13.8. The molecule has 18 heavy (non-hydrogen) atoms. The molecule has 0 aliphatic carbocycles. The normalized spacial score (nSPS) is 32.4. The van der Waals surface area contributed by atoms with Crippen LogP contribution in [0.4, 0.5) is 4.39 Å². The summed E-state index contributed by atoms with van der Waals surface area (Å²) in [5, 5.41) is 18.5. The summed E-state index contributed by atoms with van der Waals surface area (Å²) in [4.78, 5) is 0. The van der Waals surface area contributed by atoms with E-state index in [1.165, 1.54) is 0 Å². The van der Waals surface area contributed by atoms with Gasteiger partial charge in [0.15, 0.2) is 6.29 Å². The van der Waals surface area contributed by atoms with E-state index in [0.29, 0.717) is 0 Å². The van der Waals surface area contributed by atoms with Gasteiger partial charge in [-0.2, -0.15) is 0 Å². The summed E-state index contributed by atoms with van der Waals surface area (Å²) in [6.45, 7) is -0.0843. The zero-order valence-corrected chi connectivity index (χ0v) is 9.91. The van der Waals surface area contributed by atoms with Gasteiger partial charge in [0.1, 0.15) is 12.3 Å². The van der Waals surface area contributed by atoms with Crippen LogP contribution in [0.5, 0.6) is 0 Å². The van der Waals surface area contributed by atoms with E-state index < -0.39 is 24.7 Å². The fourth-order valence-corrected chi connectivity index (χ4v) is 1.97. The largest absolute Gasteiger partial charge is 0.394 e. The molecule has 0 aromatic heterocycles. The Bertz CT molecular complexity index is 347. The first kappa shape index (κ1) is 13.4. The summed E-state index contributed by atoms with van der Waals surface area (Å²) in [5.74, 6) is 0. The van der Waals surface area contributed by atoms with Crippen molar-refractivity contribution in [2.75, 3.05) is 6.61 Å². The van der Waals surface area contributed by atoms with E-state index in [1.54, 1.807) is 0 Å². The fourth-order valence-electron chi connectivity index (χ4n) is 1.97. The molecule has 0 amide bonds. The molecule has 1 heterocycles. The second kappa shape index (κ2) is 6.24. The second-order valence-electron chi connectivity index (χ2n) is 4.34. The third-order valence-electron chi connectivity index (χ3n) is 2.95. The highest BCUT2D eigenvalue weighted by atomic mass is 19.1. The number of aliphatic hydroxyl groups is 2. The van der Waals surface area contributed by atoms with Crippen LogP contribution in [0.25, 0.3) is 0 Å². The van der Waals surface area contributed by atoms with Crippen molar-refractivity contribution in [3.63, 3.8) is 0 Å². The van der Waals surface area contributed by atoms with Crippen LogP contribution >= 0.6 is 0 Å². The van der Waals surface area contributed by atoms with Gasteiger partial charge < -0.3 is 19.7 Å². The fraction of sp³-hybridized carbons (Fsp3) is 0.538. The summed E-state index contributed by atoms with van der Waals surface area (Å²) < 4.78 is 24.2. The van der Waals surface area contributed by atoms with E-state index >= 15 is 0 Å². The van der Waals surface area contributed by atoms with E-state index in [2.05, 4.69) is 0 Å². The summed E-state index contributed by atoms with van der Waals surface area (Å²) in [6.07, 6.45) is -4.31. The Kier molecular flexibility index (Phi) is 4.66. The lowest BCUT2D eigenvalue weighted by molar-refractivity contribution is -0.256. The number of hydrogen-bond acceptors (Lipinski definition) is 4. The molecule has 4 atom stereocenters. The van der Waals surface area contributed by atoms with Crippen molar-refractivity contribution in [3.05, 3.63) is 35.9 Å². The standard InChI is InChI=1S/C13H17FO4/c14-11-6-10(7-15)18-13(16)12(11)17-8-9-4-2-1-3-5-9/h1-5,10-13,15-16H,6-8H2/t10-,11-,12-,13-/m0/s1. The van der Waals surface area contributed by atoms with Crippen molar-refractivity contribution >= 4 is 0 Å². The number of ether oxygens (including phenoxy) is 2. The molecule has 5 heteroatoms. The van der Waals surface area contributed by atoms with E-state index in [0.717, 1.165) is 5.56 Å². The van der Waals surface area contributed by atoms with Crippen LogP contribution in [-0.2, 0) is 16.1 Å². The molecule has 2 rings (SSSR count). The Balaban J connectivity index is 1.89. The number of benzene rings is 1. The summed E-state index contributed by atoms with van der Waals surface area (Å²) in [7, 11) is 0. The van der Waals surface area contributed by atoms with Crippen LogP contribution < -0.4 is 0 Å². The second-order valence-corrected chi connectivity index (χ2v) is 4.34. The van der Waals surface area contributed by atoms with Crippen molar-refractivity contribution in [3.8, 4) is 0 Å². The van der Waals surface area contributed by atoms with Crippen molar-refractivity contribution < 1.29 is 24.1 Å². The number of aliphatic hydroxyl groups excluding tert-OH is 2. The number of rotatable bonds is 4. The summed E-state index contributed by atoms with van der Waals surface area (Å²) in [6, 6.07) is 9.33. The molecule has 1 aliphatic heterocycles. The average molecular weight is 256 g/mol. The molecule has 0 bridgehead atoms. The zero-order chi connectivity index (χ0) is 13.0. The molecule has 0 radical (unpaired) electrons. The molecular formula is C13H17FO4. The van der Waals surface area contributed by atoms with Crippen molar-refractivity contribution in [2.24, 2.45) is 0 Å². The molecular weight excluding hydrogens is 239 g/mol. The molecule has 2 N–H and O–H groups in total. The van der Waals surface area contributed by atoms with Gasteiger partial charge in [0.05, 0.1) is 19.3 Å². The topological polar surface area (TPSA) is 58.9 Å². The maximum absolute atomic E-state index is 13.8. The number of alkyl halides is 1. The van der Waals surface area contributed by atoms with E-state index in [1.807, 2.05) is 30.3 Å². The Morgan fingerprint density at radius 1 is 1.33 bits per heavy atom. The minimum atomic E-state index is -1.34. The third kappa shape index (κ3) is 3.26. The lowest BCUT2D eigenvalue weighted by atomic mass is 10.0. The van der Waals surface area contributed by atoms with Crippen LogP contribution in [0, 0.1) is 0 Å². The van der Waals surface area contributed by atoms with Gasteiger partial charge in [-0.3, -0.25) is 0 Å². The first-order valence-corrected chi connectivity index (χ1v) is 5.94. The van der Waals surface area contributed by atoms with E-state index in [9.17, 15) is 9.50 Å². The average Bonchev–Trinajstić information content (AvgIpc) is 2.38. The van der Waals surface area contributed by atoms with Crippen LogP contribution in [-0.4, -0.2) is 41.5 Å². The van der Waals surface area contributed by atoms with Crippen LogP contribution in [0.3, 0.4) is 0 Å². The monoisotopic (exact) mass is 256 g/mol. The van der Waals surface area contributed by atoms with Gasteiger partial charge in [-0.1, -0.05) is 30.3 Å². The Labute approximate surface area is 105 Å². The van der Waals surface area contributed by atoms with Gasteiger partial charge in [-0.25, -0.2) is 4.39 Å². The highest BCUT2D eigenvalue weighted by Crippen LogP contribution is 2.24. The van der Waals surface area contributed by atoms with E-state index in [4.69, 9.17) is 14.6 Å². The van der Waals surface area contributed by atoms with Gasteiger partial charge >= 0.3 is 0 Å². The van der Waals surface area contributed by atoms with Crippen molar-refractivity contribution in [2.45, 2.75) is 37.7 Å². The SMILES string of the molecule is OC[C@@H]1C[C@H](F)[C@H](OCc2ccccc2)[C@@H](O)O1. The minimum Gasteiger partial charge on any atom is -0.394 e. The van der Waals surface area contributed by atoms with Crippen molar-refractivity contribution in [1.82, 2.24) is 0 Å². The van der Waals surface area contributed by atoms with Gasteiger partial charge in [0.2, 0.25) is 0 Å². The summed E-state index contributed by atoms with van der Waals surface area (Å²) >= 11 is 0. The maximum Gasteiger partial charge on any atom is 0.184 e. The molecule has 1 saturated heterocycles. The first-order valence-electron chi connectivity index (χ1n) is 5.94. The lowest BCUT2D eigenvalue weighted by Crippen LogP contribution is -2.48. The molecule has 1 aliphatic rings. The molecule has 0 saturated carbocycles. The van der Waals surface area contributed by atoms with Crippen LogP contribution in [0.2, 0.25) is 0 Å². The van der Waals surface area contributed by atoms with Gasteiger partial charge in [0, 0.05) is 6.42 Å². The predicted molar refractivity (Wildman–Crippen MR) is 62.5 cm³/mol. The molecule has 0 spiro atoms. The van der Waals surface area contributed by atoms with Gasteiger partial charge in [0.25, 0.3) is 0 Å². The Hall–Kier alpha value is -1.01. The highest BCUT2D eigenvalue weighted by Gasteiger charge is 2.38. The minimum absolute atomic E-state index is 0.0347. The molecule has 100 valence electrons. The van der Waals surface area contributed by atoms with Crippen LogP contribution in [0.1, 0.15) is 12.0 Å². The van der Waals surface area contributed by atoms with Crippen molar-refractivity contribution in [1.29, 1.82) is 0 Å². The molecule has 0 unspecified atom stereocenters. The number of hydrogen-bond donors (Lipinski definition) is 2. The lowest BCUT2D eigenvalue weighted by Gasteiger charge is -2.35. The molecule has 1 aromatic rings. The first-order chi connectivity index (χ1) is 8.70. The smallest absolute Gasteiger partial charge is 0.184 e. The summed E-state index contributed by atoms with van der Waals surface area (Å²) in [5.41, 5.74) is 0.904. The highest BCUT2D eigenvalue weighted by molar-refractivity contribution is 5.13. The Morgan fingerprint density at radius 3 is 2.67 bits per heavy atom. The zero-order valence-electron chi connectivity index (χ0n) is 9.91. The van der Waals surface area contributed by atoms with Gasteiger partial charge in [-0.05, 0) is 5.56 Å².